The first kappa shape index (κ1) is 13.9. The predicted octanol–water partition coefficient (Wildman–Crippen LogP) is -0.327. The fourth-order valence-corrected chi connectivity index (χ4v) is 1.96. The molecule has 2 unspecified atom stereocenters. The van der Waals surface area contributed by atoms with E-state index in [2.05, 4.69) is 0 Å². The van der Waals surface area contributed by atoms with Crippen LogP contribution in [-0.2, 0) is 14.3 Å². The number of hydrogen-bond acceptors (Lipinski definition) is 4. The largest absolute Gasteiger partial charge is 0.480 e. The second-order valence-electron chi connectivity index (χ2n) is 4.66. The van der Waals surface area contributed by atoms with E-state index >= 15 is 0 Å². The molecule has 3 N–H and O–H groups in total. The summed E-state index contributed by atoms with van der Waals surface area (Å²) in [6.07, 6.45) is 0.713. The van der Waals surface area contributed by atoms with Crippen LogP contribution in [0.25, 0.3) is 0 Å². The molecule has 1 fully saturated rings. The Balaban J connectivity index is 2.79. The van der Waals surface area contributed by atoms with Crippen LogP contribution in [0.3, 0.4) is 0 Å². The number of nitrogens with zero attached hydrogens (tertiary/aromatic N) is 1. The molecule has 6 heteroatoms. The highest BCUT2D eigenvalue weighted by Crippen LogP contribution is 2.29. The summed E-state index contributed by atoms with van der Waals surface area (Å²) in [4.78, 5) is 24.4. The molecular formula is C11H20N2O4. The van der Waals surface area contributed by atoms with Crippen LogP contribution < -0.4 is 5.73 Å². The molecule has 0 aromatic heterocycles. The third-order valence-corrected chi connectivity index (χ3v) is 3.11. The Morgan fingerprint density at radius 2 is 2.24 bits per heavy atom. The van der Waals surface area contributed by atoms with Gasteiger partial charge in [-0.2, -0.15) is 0 Å². The number of amides is 1. The van der Waals surface area contributed by atoms with Gasteiger partial charge in [-0.1, -0.05) is 6.92 Å². The van der Waals surface area contributed by atoms with E-state index in [0.717, 1.165) is 0 Å². The highest BCUT2D eigenvalue weighted by molar-refractivity contribution is 5.86. The average Bonchev–Trinajstić information content (AvgIpc) is 2.58. The molecule has 1 amide bonds. The quantitative estimate of drug-likeness (QED) is 0.691. The van der Waals surface area contributed by atoms with E-state index in [-0.39, 0.29) is 25.1 Å². The number of carboxylic acid groups (broad SMARTS) is 1. The molecule has 2 atom stereocenters. The van der Waals surface area contributed by atoms with Gasteiger partial charge in [0.15, 0.2) is 0 Å². The lowest BCUT2D eigenvalue weighted by Crippen LogP contribution is -2.52. The number of carbonyl (C=O) groups excluding carboxylic acids is 1. The van der Waals surface area contributed by atoms with Crippen molar-refractivity contribution in [1.29, 1.82) is 0 Å². The van der Waals surface area contributed by atoms with Crippen LogP contribution in [0.1, 0.15) is 20.3 Å². The smallest absolute Gasteiger partial charge is 0.323 e. The lowest BCUT2D eigenvalue weighted by atomic mass is 9.84. The van der Waals surface area contributed by atoms with Crippen LogP contribution in [0.15, 0.2) is 0 Å². The number of nitrogens with two attached hydrogens (primary N) is 1. The first-order valence-corrected chi connectivity index (χ1v) is 5.76. The molecule has 0 aliphatic carbocycles. The highest BCUT2D eigenvalue weighted by Gasteiger charge is 2.46. The van der Waals surface area contributed by atoms with Gasteiger partial charge in [-0.3, -0.25) is 9.59 Å². The van der Waals surface area contributed by atoms with Gasteiger partial charge in [0, 0.05) is 12.6 Å². The molecule has 0 bridgehead atoms. The van der Waals surface area contributed by atoms with Crippen molar-refractivity contribution in [3.63, 3.8) is 0 Å². The Morgan fingerprint density at radius 3 is 2.65 bits per heavy atom. The predicted molar refractivity (Wildman–Crippen MR) is 61.4 cm³/mol. The number of carbonyl (C=O) groups is 2. The van der Waals surface area contributed by atoms with Gasteiger partial charge in [-0.25, -0.2) is 0 Å². The summed E-state index contributed by atoms with van der Waals surface area (Å²) in [6, 6.07) is -0.372. The molecule has 1 rings (SSSR count). The van der Waals surface area contributed by atoms with Crippen LogP contribution >= 0.6 is 0 Å². The lowest BCUT2D eigenvalue weighted by Gasteiger charge is -2.32. The second kappa shape index (κ2) is 5.46. The summed E-state index contributed by atoms with van der Waals surface area (Å²) < 4.78 is 5.21. The summed E-state index contributed by atoms with van der Waals surface area (Å²) in [5, 5.41) is 8.80. The van der Waals surface area contributed by atoms with E-state index in [9.17, 15) is 9.59 Å². The second-order valence-corrected chi connectivity index (χ2v) is 4.66. The zero-order valence-electron chi connectivity index (χ0n) is 10.3. The minimum absolute atomic E-state index is 0.230. The summed E-state index contributed by atoms with van der Waals surface area (Å²) in [6.45, 7) is 4.37. The standard InChI is InChI=1S/C11H20N2O4/c1-3-4-13(5-9(14)15)10(16)11(2)7-17-6-8(11)12/h8H,3-7,12H2,1-2H3,(H,14,15). The Kier molecular flexibility index (Phi) is 4.47. The van der Waals surface area contributed by atoms with E-state index in [0.29, 0.717) is 19.6 Å². The molecule has 1 heterocycles. The van der Waals surface area contributed by atoms with Gasteiger partial charge in [0.2, 0.25) is 5.91 Å². The Morgan fingerprint density at radius 1 is 1.59 bits per heavy atom. The monoisotopic (exact) mass is 244 g/mol. The van der Waals surface area contributed by atoms with E-state index in [1.54, 1.807) is 6.92 Å². The van der Waals surface area contributed by atoms with E-state index < -0.39 is 11.4 Å². The van der Waals surface area contributed by atoms with Gasteiger partial charge in [0.1, 0.15) is 6.54 Å². The highest BCUT2D eigenvalue weighted by atomic mass is 16.5. The zero-order valence-corrected chi connectivity index (χ0v) is 10.3. The van der Waals surface area contributed by atoms with Gasteiger partial charge in [0.05, 0.1) is 18.6 Å². The average molecular weight is 244 g/mol. The molecule has 1 aliphatic heterocycles. The maximum Gasteiger partial charge on any atom is 0.323 e. The molecular weight excluding hydrogens is 224 g/mol. The summed E-state index contributed by atoms with van der Waals surface area (Å²) in [5.41, 5.74) is 5.06. The zero-order chi connectivity index (χ0) is 13.1. The maximum absolute atomic E-state index is 12.3. The number of aliphatic carboxylic acids is 1. The van der Waals surface area contributed by atoms with Crippen LogP contribution in [0, 0.1) is 5.41 Å². The minimum atomic E-state index is -1.01. The number of carboxylic acids is 1. The topological polar surface area (TPSA) is 92.9 Å². The summed E-state index contributed by atoms with van der Waals surface area (Å²) in [7, 11) is 0. The molecule has 98 valence electrons. The van der Waals surface area contributed by atoms with Crippen LogP contribution in [-0.4, -0.2) is 54.2 Å². The minimum Gasteiger partial charge on any atom is -0.480 e. The molecule has 0 saturated carbocycles. The third-order valence-electron chi connectivity index (χ3n) is 3.11. The molecule has 1 saturated heterocycles. The first-order valence-electron chi connectivity index (χ1n) is 5.76. The molecule has 1 aliphatic rings. The van der Waals surface area contributed by atoms with Crippen molar-refractivity contribution in [1.82, 2.24) is 4.90 Å². The molecule has 0 aromatic rings. The summed E-state index contributed by atoms with van der Waals surface area (Å²) in [5.74, 6) is -1.24. The molecule has 17 heavy (non-hydrogen) atoms. The van der Waals surface area contributed by atoms with Gasteiger partial charge in [-0.15, -0.1) is 0 Å². The number of ether oxygens (including phenoxy) is 1. The van der Waals surface area contributed by atoms with Crippen molar-refractivity contribution in [2.75, 3.05) is 26.3 Å². The number of hydrogen-bond donors (Lipinski definition) is 2. The molecule has 0 radical (unpaired) electrons. The first-order chi connectivity index (χ1) is 7.91. The Hall–Kier alpha value is -1.14. The van der Waals surface area contributed by atoms with Crippen molar-refractivity contribution in [2.24, 2.45) is 11.1 Å². The molecule has 6 nitrogen and oxygen atoms in total. The molecule has 0 aromatic carbocycles. The van der Waals surface area contributed by atoms with Crippen molar-refractivity contribution in [2.45, 2.75) is 26.3 Å². The van der Waals surface area contributed by atoms with Crippen molar-refractivity contribution in [3.05, 3.63) is 0 Å². The van der Waals surface area contributed by atoms with Crippen LogP contribution in [0.4, 0.5) is 0 Å². The van der Waals surface area contributed by atoms with Crippen LogP contribution in [0.5, 0.6) is 0 Å². The fourth-order valence-electron chi connectivity index (χ4n) is 1.96. The normalized spacial score (nSPS) is 28.1. The van der Waals surface area contributed by atoms with Gasteiger partial charge < -0.3 is 20.5 Å². The Bertz CT molecular complexity index is 308. The van der Waals surface area contributed by atoms with Gasteiger partial charge in [0.25, 0.3) is 0 Å². The van der Waals surface area contributed by atoms with Crippen molar-refractivity contribution < 1.29 is 19.4 Å². The lowest BCUT2D eigenvalue weighted by molar-refractivity contribution is -0.149. The van der Waals surface area contributed by atoms with E-state index in [4.69, 9.17) is 15.6 Å². The fraction of sp³-hybridized carbons (Fsp3) is 0.818. The molecule has 0 spiro atoms. The Labute approximate surface area is 101 Å². The van der Waals surface area contributed by atoms with Gasteiger partial charge >= 0.3 is 5.97 Å². The van der Waals surface area contributed by atoms with Gasteiger partial charge in [-0.05, 0) is 13.3 Å². The maximum atomic E-state index is 12.3. The third kappa shape index (κ3) is 2.95. The van der Waals surface area contributed by atoms with E-state index in [1.165, 1.54) is 4.90 Å². The van der Waals surface area contributed by atoms with Crippen LogP contribution in [0.2, 0.25) is 0 Å². The number of rotatable bonds is 5. The van der Waals surface area contributed by atoms with E-state index in [1.807, 2.05) is 6.92 Å². The summed E-state index contributed by atoms with van der Waals surface area (Å²) >= 11 is 0. The van der Waals surface area contributed by atoms with Crippen molar-refractivity contribution in [3.8, 4) is 0 Å². The SMILES string of the molecule is CCCN(CC(=O)O)C(=O)C1(C)COCC1N. The van der Waals surface area contributed by atoms with Crippen molar-refractivity contribution >= 4 is 11.9 Å².